The van der Waals surface area contributed by atoms with Crippen LogP contribution in [0.4, 0.5) is 4.79 Å². The molecule has 1 aliphatic rings. The van der Waals surface area contributed by atoms with Gasteiger partial charge in [0.05, 0.1) is 19.8 Å². The third-order valence-electron chi connectivity index (χ3n) is 2.96. The predicted molar refractivity (Wildman–Crippen MR) is 82.7 cm³/mol. The first-order valence-electron chi connectivity index (χ1n) is 7.33. The van der Waals surface area contributed by atoms with Crippen LogP contribution in [-0.2, 0) is 19.0 Å². The number of hydrogen-bond donors (Lipinski definition) is 2. The quantitative estimate of drug-likeness (QED) is 0.725. The summed E-state index contributed by atoms with van der Waals surface area (Å²) in [5, 5.41) is 8.74. The second-order valence-electron chi connectivity index (χ2n) is 6.25. The summed E-state index contributed by atoms with van der Waals surface area (Å²) in [4.78, 5) is 22.6. The molecule has 0 radical (unpaired) electrons. The zero-order chi connectivity index (χ0) is 16.8. The fourth-order valence-corrected chi connectivity index (χ4v) is 2.30. The number of aliphatic carboxylic acids is 1. The first-order valence-corrected chi connectivity index (χ1v) is 7.73. The maximum atomic E-state index is 12.0. The van der Waals surface area contributed by atoms with Crippen molar-refractivity contribution in [2.75, 3.05) is 19.8 Å². The number of thiol groups is 1. The minimum absolute atomic E-state index is 0.0213. The van der Waals surface area contributed by atoms with Gasteiger partial charge in [0.2, 0.25) is 0 Å². The molecule has 1 rings (SSSR count). The van der Waals surface area contributed by atoms with Crippen LogP contribution < -0.4 is 0 Å². The van der Waals surface area contributed by atoms with Crippen LogP contribution >= 0.6 is 12.8 Å². The topological polar surface area (TPSA) is 85.3 Å². The molecule has 1 fully saturated rings. The van der Waals surface area contributed by atoms with E-state index in [0.29, 0.717) is 26.1 Å². The normalized spacial score (nSPS) is 17.8. The van der Waals surface area contributed by atoms with Crippen LogP contribution in [0.5, 0.6) is 0 Å². The molecular weight excluding hydrogens is 310 g/mol. The Balaban J connectivity index is 2.63. The number of amides is 1. The minimum atomic E-state index is -1.02. The van der Waals surface area contributed by atoms with E-state index >= 15 is 0 Å². The van der Waals surface area contributed by atoms with Crippen molar-refractivity contribution >= 4 is 24.9 Å². The van der Waals surface area contributed by atoms with E-state index in [1.807, 2.05) is 0 Å². The fraction of sp³-hybridized carbons (Fsp3) is 0.857. The summed E-state index contributed by atoms with van der Waals surface area (Å²) in [6.07, 6.45) is 0.962. The lowest BCUT2D eigenvalue weighted by Gasteiger charge is -2.39. The summed E-state index contributed by atoms with van der Waals surface area (Å²) in [5.74, 6) is -1.90. The molecule has 128 valence electrons. The third kappa shape index (κ3) is 6.85. The highest BCUT2D eigenvalue weighted by molar-refractivity contribution is 7.78. The van der Waals surface area contributed by atoms with E-state index in [4.69, 9.17) is 19.3 Å². The van der Waals surface area contributed by atoms with Crippen LogP contribution in [0, 0.1) is 0 Å². The molecule has 1 aliphatic heterocycles. The molecule has 0 unspecified atom stereocenters. The summed E-state index contributed by atoms with van der Waals surface area (Å²) < 4.78 is 17.7. The van der Waals surface area contributed by atoms with Gasteiger partial charge >= 0.3 is 12.1 Å². The third-order valence-corrected chi connectivity index (χ3v) is 3.27. The van der Waals surface area contributed by atoms with Gasteiger partial charge in [-0.1, -0.05) is 12.8 Å². The molecule has 0 atom stereocenters. The summed E-state index contributed by atoms with van der Waals surface area (Å²) in [6.45, 7) is 6.38. The zero-order valence-corrected chi connectivity index (χ0v) is 14.2. The molecule has 0 saturated carbocycles. The molecule has 7 nitrogen and oxygen atoms in total. The largest absolute Gasteiger partial charge is 0.481 e. The Morgan fingerprint density at radius 3 is 2.41 bits per heavy atom. The number of carboxylic acid groups (broad SMARTS) is 1. The van der Waals surface area contributed by atoms with Gasteiger partial charge < -0.3 is 19.3 Å². The highest BCUT2D eigenvalue weighted by Crippen LogP contribution is 2.28. The lowest BCUT2D eigenvalue weighted by molar-refractivity contribution is -0.271. The molecular formula is C14H25NO6S. The molecule has 0 aromatic rings. The van der Waals surface area contributed by atoms with Crippen LogP contribution in [0.15, 0.2) is 0 Å². The second kappa shape index (κ2) is 8.03. The first kappa shape index (κ1) is 19.1. The monoisotopic (exact) mass is 335 g/mol. The van der Waals surface area contributed by atoms with Gasteiger partial charge in [0, 0.05) is 12.8 Å². The lowest BCUT2D eigenvalue weighted by atomic mass is 10.1. The maximum absolute atomic E-state index is 12.0. The summed E-state index contributed by atoms with van der Waals surface area (Å²) in [5.41, 5.74) is -0.622. The van der Waals surface area contributed by atoms with Crippen molar-refractivity contribution in [2.45, 2.75) is 57.8 Å². The Kier molecular flexibility index (Phi) is 6.96. The predicted octanol–water partition coefficient (Wildman–Crippen LogP) is 2.46. The number of ether oxygens (including phenoxy) is 3. The minimum Gasteiger partial charge on any atom is -0.481 e. The van der Waals surface area contributed by atoms with Crippen molar-refractivity contribution in [3.63, 3.8) is 0 Å². The Hall–Kier alpha value is -0.990. The molecule has 0 spiro atoms. The highest BCUT2D eigenvalue weighted by atomic mass is 32.1. The average Bonchev–Trinajstić information content (AvgIpc) is 2.37. The van der Waals surface area contributed by atoms with Crippen LogP contribution in [0.2, 0.25) is 0 Å². The van der Waals surface area contributed by atoms with Crippen molar-refractivity contribution in [2.24, 2.45) is 0 Å². The van der Waals surface area contributed by atoms with Crippen LogP contribution in [-0.4, -0.2) is 52.6 Å². The van der Waals surface area contributed by atoms with Crippen LogP contribution in [0.1, 0.15) is 46.5 Å². The summed E-state index contributed by atoms with van der Waals surface area (Å²) in [6, 6.07) is 0. The van der Waals surface area contributed by atoms with E-state index in [1.54, 1.807) is 20.8 Å². The van der Waals surface area contributed by atoms with E-state index in [0.717, 1.165) is 10.7 Å². The van der Waals surface area contributed by atoms with Crippen molar-refractivity contribution in [1.82, 2.24) is 4.31 Å². The number of nitrogens with zero attached hydrogens (tertiary/aromatic N) is 1. The molecule has 8 heteroatoms. The molecule has 22 heavy (non-hydrogen) atoms. The molecule has 0 aliphatic carbocycles. The van der Waals surface area contributed by atoms with Gasteiger partial charge in [-0.15, -0.1) is 0 Å². The number of carbonyl (C=O) groups excluding carboxylic acids is 1. The molecule has 0 aromatic carbocycles. The van der Waals surface area contributed by atoms with Crippen molar-refractivity contribution < 1.29 is 28.9 Å². The lowest BCUT2D eigenvalue weighted by Crippen LogP contribution is -2.49. The average molecular weight is 335 g/mol. The number of carbonyl (C=O) groups is 2. The van der Waals surface area contributed by atoms with Crippen molar-refractivity contribution in [3.05, 3.63) is 0 Å². The molecule has 0 bridgehead atoms. The van der Waals surface area contributed by atoms with Gasteiger partial charge in [-0.3, -0.25) is 4.79 Å². The smallest absolute Gasteiger partial charge is 0.420 e. The molecule has 1 amide bonds. The van der Waals surface area contributed by atoms with Gasteiger partial charge in [-0.2, -0.15) is 0 Å². The Bertz CT molecular complexity index is 389. The van der Waals surface area contributed by atoms with E-state index in [9.17, 15) is 9.59 Å². The van der Waals surface area contributed by atoms with Crippen LogP contribution in [0.25, 0.3) is 0 Å². The van der Waals surface area contributed by atoms with Gasteiger partial charge in [-0.25, -0.2) is 9.10 Å². The highest BCUT2D eigenvalue weighted by Gasteiger charge is 2.38. The standard InChI is InChI=1S/C14H25NO6S/c1-13(2,3)21-12(18)15(22)10-14(7-4-6-11(16)17)19-8-5-9-20-14/h22H,4-10H2,1-3H3,(H,16,17). The summed E-state index contributed by atoms with van der Waals surface area (Å²) in [7, 11) is 0. The van der Waals surface area contributed by atoms with Crippen molar-refractivity contribution in [1.29, 1.82) is 0 Å². The van der Waals surface area contributed by atoms with E-state index in [1.165, 1.54) is 0 Å². The van der Waals surface area contributed by atoms with E-state index in [-0.39, 0.29) is 13.0 Å². The Morgan fingerprint density at radius 2 is 1.91 bits per heavy atom. The van der Waals surface area contributed by atoms with Gasteiger partial charge in [0.15, 0.2) is 5.79 Å². The number of carboxylic acids is 1. The van der Waals surface area contributed by atoms with Crippen molar-refractivity contribution in [3.8, 4) is 0 Å². The maximum Gasteiger partial charge on any atom is 0.420 e. The van der Waals surface area contributed by atoms with Crippen LogP contribution in [0.3, 0.4) is 0 Å². The first-order chi connectivity index (χ1) is 10.1. The molecule has 0 aromatic heterocycles. The van der Waals surface area contributed by atoms with Gasteiger partial charge in [0.25, 0.3) is 0 Å². The van der Waals surface area contributed by atoms with Gasteiger partial charge in [-0.05, 0) is 33.6 Å². The number of rotatable bonds is 6. The SMILES string of the molecule is CC(C)(C)OC(=O)N(S)CC1(CCCC(=O)O)OCCCO1. The zero-order valence-electron chi connectivity index (χ0n) is 13.3. The number of hydrogen-bond acceptors (Lipinski definition) is 6. The molecule has 1 heterocycles. The van der Waals surface area contributed by atoms with E-state index in [2.05, 4.69) is 12.8 Å². The van der Waals surface area contributed by atoms with E-state index < -0.39 is 23.5 Å². The molecule has 1 saturated heterocycles. The van der Waals surface area contributed by atoms with Gasteiger partial charge in [0.1, 0.15) is 5.60 Å². The Labute approximate surface area is 136 Å². The molecule has 1 N–H and O–H groups in total. The fourth-order valence-electron chi connectivity index (χ4n) is 2.05. The summed E-state index contributed by atoms with van der Waals surface area (Å²) >= 11 is 4.15. The Morgan fingerprint density at radius 1 is 1.32 bits per heavy atom. The second-order valence-corrected chi connectivity index (χ2v) is 6.73.